The van der Waals surface area contributed by atoms with Gasteiger partial charge in [-0.1, -0.05) is 48.2 Å². The predicted octanol–water partition coefficient (Wildman–Crippen LogP) is 1.32. The first-order valence-electron chi connectivity index (χ1n) is 8.43. The highest BCUT2D eigenvalue weighted by Gasteiger charge is 2.49. The Hall–Kier alpha value is -3.40. The minimum Gasteiger partial charge on any atom is -0.318 e. The second kappa shape index (κ2) is 6.97. The highest BCUT2D eigenvalue weighted by molar-refractivity contribution is 7.99. The van der Waals surface area contributed by atoms with Gasteiger partial charge in [0.25, 0.3) is 5.91 Å². The third-order valence-corrected chi connectivity index (χ3v) is 5.34. The van der Waals surface area contributed by atoms with Crippen molar-refractivity contribution in [3.05, 3.63) is 60.3 Å². The van der Waals surface area contributed by atoms with E-state index in [9.17, 15) is 14.4 Å². The highest BCUT2D eigenvalue weighted by Crippen LogP contribution is 2.27. The molecule has 142 valence electrons. The molecule has 1 atom stereocenters. The summed E-state index contributed by atoms with van der Waals surface area (Å²) in [7, 11) is 0. The van der Waals surface area contributed by atoms with Crippen LogP contribution in [0.2, 0.25) is 0 Å². The maximum absolute atomic E-state index is 12.8. The zero-order valence-corrected chi connectivity index (χ0v) is 15.6. The number of imide groups is 1. The zero-order valence-electron chi connectivity index (χ0n) is 14.8. The molecule has 4 rings (SSSR count). The number of benzene rings is 1. The van der Waals surface area contributed by atoms with E-state index in [2.05, 4.69) is 20.9 Å². The van der Waals surface area contributed by atoms with Crippen LogP contribution in [0.4, 0.5) is 4.79 Å². The molecule has 1 aromatic carbocycles. The normalized spacial score (nSPS) is 19.1. The summed E-state index contributed by atoms with van der Waals surface area (Å²) in [6, 6.07) is 13.7. The van der Waals surface area contributed by atoms with Crippen LogP contribution < -0.4 is 10.7 Å². The molecule has 3 heterocycles. The van der Waals surface area contributed by atoms with Crippen molar-refractivity contribution in [3.8, 4) is 0 Å². The van der Waals surface area contributed by atoms with Gasteiger partial charge in [0.2, 0.25) is 5.91 Å². The van der Waals surface area contributed by atoms with Gasteiger partial charge in [-0.25, -0.2) is 4.79 Å². The number of rotatable bonds is 5. The lowest BCUT2D eigenvalue weighted by Crippen LogP contribution is -2.48. The molecular formula is C18H16N6O3S. The first-order chi connectivity index (χ1) is 13.5. The predicted molar refractivity (Wildman–Crippen MR) is 101 cm³/mol. The molecule has 0 saturated carbocycles. The lowest BCUT2D eigenvalue weighted by molar-refractivity contribution is -0.138. The summed E-state index contributed by atoms with van der Waals surface area (Å²) in [5.41, 5.74) is 2.43. The zero-order chi connectivity index (χ0) is 19.7. The van der Waals surface area contributed by atoms with E-state index >= 15 is 0 Å². The van der Waals surface area contributed by atoms with Crippen LogP contribution in [0.15, 0.2) is 59.9 Å². The minimum absolute atomic E-state index is 0.0329. The largest absolute Gasteiger partial charge is 0.344 e. The van der Waals surface area contributed by atoms with Crippen molar-refractivity contribution in [2.75, 3.05) is 5.75 Å². The van der Waals surface area contributed by atoms with Gasteiger partial charge in [-0.05, 0) is 24.6 Å². The van der Waals surface area contributed by atoms with Gasteiger partial charge < -0.3 is 5.32 Å². The van der Waals surface area contributed by atoms with Gasteiger partial charge in [0, 0.05) is 6.20 Å². The molecule has 1 saturated heterocycles. The van der Waals surface area contributed by atoms with Crippen molar-refractivity contribution in [1.82, 2.24) is 30.3 Å². The number of pyridine rings is 1. The second-order valence-corrected chi connectivity index (χ2v) is 7.24. The van der Waals surface area contributed by atoms with Crippen LogP contribution in [0.5, 0.6) is 0 Å². The van der Waals surface area contributed by atoms with Crippen molar-refractivity contribution in [2.24, 2.45) is 0 Å². The van der Waals surface area contributed by atoms with E-state index < -0.39 is 23.4 Å². The van der Waals surface area contributed by atoms with Crippen LogP contribution in [0.1, 0.15) is 12.5 Å². The number of carbonyl (C=O) groups is 3. The molecule has 1 unspecified atom stereocenters. The average molecular weight is 396 g/mol. The summed E-state index contributed by atoms with van der Waals surface area (Å²) >= 11 is 1.15. The molecule has 2 aromatic heterocycles. The van der Waals surface area contributed by atoms with Crippen molar-refractivity contribution >= 4 is 35.3 Å². The molecule has 1 aliphatic heterocycles. The first kappa shape index (κ1) is 18.0. The number of aromatic nitrogens is 3. The maximum atomic E-state index is 12.8. The summed E-state index contributed by atoms with van der Waals surface area (Å²) in [5.74, 6) is -1.08. The molecule has 0 radical (unpaired) electrons. The molecule has 0 bridgehead atoms. The Morgan fingerprint density at radius 1 is 1.14 bits per heavy atom. The minimum atomic E-state index is -1.23. The number of urea groups is 1. The molecule has 1 fully saturated rings. The van der Waals surface area contributed by atoms with Crippen molar-refractivity contribution in [2.45, 2.75) is 17.6 Å². The van der Waals surface area contributed by atoms with Crippen molar-refractivity contribution in [3.63, 3.8) is 0 Å². The Bertz CT molecular complexity index is 1070. The number of amides is 4. The van der Waals surface area contributed by atoms with Gasteiger partial charge in [-0.15, -0.1) is 10.2 Å². The van der Waals surface area contributed by atoms with Crippen LogP contribution in [-0.4, -0.2) is 43.2 Å². The fourth-order valence-corrected chi connectivity index (χ4v) is 3.63. The van der Waals surface area contributed by atoms with E-state index in [1.54, 1.807) is 47.9 Å². The summed E-state index contributed by atoms with van der Waals surface area (Å²) < 4.78 is 1.75. The molecule has 10 heteroatoms. The number of thioether (sulfide) groups is 1. The summed E-state index contributed by atoms with van der Waals surface area (Å²) in [4.78, 5) is 37.3. The number of hydrogen-bond acceptors (Lipinski definition) is 6. The topological polar surface area (TPSA) is 109 Å². The van der Waals surface area contributed by atoms with Gasteiger partial charge >= 0.3 is 6.03 Å². The Labute approximate surface area is 164 Å². The van der Waals surface area contributed by atoms with Gasteiger partial charge in [0.05, 0.1) is 5.75 Å². The molecule has 0 aliphatic carbocycles. The van der Waals surface area contributed by atoms with Crippen LogP contribution in [0.3, 0.4) is 0 Å². The molecular weight excluding hydrogens is 380 g/mol. The van der Waals surface area contributed by atoms with E-state index in [-0.39, 0.29) is 5.75 Å². The number of carbonyl (C=O) groups excluding carboxylic acids is 3. The highest BCUT2D eigenvalue weighted by atomic mass is 32.2. The molecule has 0 spiro atoms. The number of hydrogen-bond donors (Lipinski definition) is 2. The molecule has 9 nitrogen and oxygen atoms in total. The van der Waals surface area contributed by atoms with Gasteiger partial charge in [-0.2, -0.15) is 5.01 Å². The van der Waals surface area contributed by atoms with Crippen LogP contribution in [0, 0.1) is 0 Å². The van der Waals surface area contributed by atoms with Crippen molar-refractivity contribution < 1.29 is 14.4 Å². The van der Waals surface area contributed by atoms with Crippen molar-refractivity contribution in [1.29, 1.82) is 0 Å². The summed E-state index contributed by atoms with van der Waals surface area (Å²) in [5, 5.41) is 11.9. The van der Waals surface area contributed by atoms with E-state index in [4.69, 9.17) is 0 Å². The summed E-state index contributed by atoms with van der Waals surface area (Å²) in [6.45, 7) is 1.60. The molecule has 3 aromatic rings. The third kappa shape index (κ3) is 3.07. The quantitative estimate of drug-likeness (QED) is 0.497. The molecule has 4 amide bonds. The third-order valence-electron chi connectivity index (χ3n) is 4.39. The number of nitrogens with zero attached hydrogens (tertiary/aromatic N) is 4. The van der Waals surface area contributed by atoms with Crippen LogP contribution in [-0.2, 0) is 15.1 Å². The lowest BCUT2D eigenvalue weighted by Gasteiger charge is -2.22. The van der Waals surface area contributed by atoms with Crippen LogP contribution in [0.25, 0.3) is 5.65 Å². The Morgan fingerprint density at radius 3 is 2.68 bits per heavy atom. The van der Waals surface area contributed by atoms with Gasteiger partial charge in [-0.3, -0.25) is 19.4 Å². The van der Waals surface area contributed by atoms with E-state index in [1.165, 1.54) is 0 Å². The smallest absolute Gasteiger partial charge is 0.318 e. The number of nitrogens with one attached hydrogen (secondary N) is 2. The molecule has 28 heavy (non-hydrogen) atoms. The van der Waals surface area contributed by atoms with Gasteiger partial charge in [0.1, 0.15) is 5.54 Å². The Morgan fingerprint density at radius 2 is 1.89 bits per heavy atom. The number of fused-ring (bicyclic) bond motifs is 1. The second-order valence-electron chi connectivity index (χ2n) is 6.30. The average Bonchev–Trinajstić information content (AvgIpc) is 3.22. The molecule has 2 N–H and O–H groups in total. The fraction of sp³-hybridized carbons (Fsp3) is 0.167. The van der Waals surface area contributed by atoms with E-state index in [1.807, 2.05) is 18.2 Å². The summed E-state index contributed by atoms with van der Waals surface area (Å²) in [6.07, 6.45) is 1.79. The first-order valence-corrected chi connectivity index (χ1v) is 9.42. The Balaban J connectivity index is 1.43. The fourth-order valence-electron chi connectivity index (χ4n) is 2.91. The van der Waals surface area contributed by atoms with E-state index in [0.29, 0.717) is 16.4 Å². The van der Waals surface area contributed by atoms with Crippen LogP contribution >= 0.6 is 11.8 Å². The monoisotopic (exact) mass is 396 g/mol. The maximum Gasteiger partial charge on any atom is 0.344 e. The number of hydrazine groups is 1. The molecule has 1 aliphatic rings. The van der Waals surface area contributed by atoms with Gasteiger partial charge in [0.15, 0.2) is 10.8 Å². The standard InChI is InChI=1S/C18H16N6O3S/c1-18(12-7-3-2-4-8-12)15(26)24(16(27)19-18)22-14(25)11-28-17-21-20-13-9-5-6-10-23(13)17/h2-10H,11H2,1H3,(H,19,27)(H,22,25). The SMILES string of the molecule is CC1(c2ccccc2)NC(=O)N(NC(=O)CSc2nnc3ccccn23)C1=O. The van der Waals surface area contributed by atoms with E-state index in [0.717, 1.165) is 16.8 Å². The lowest BCUT2D eigenvalue weighted by atomic mass is 9.92. The Kier molecular flexibility index (Phi) is 4.47.